The van der Waals surface area contributed by atoms with Crippen LogP contribution in [0.15, 0.2) is 0 Å². The topological polar surface area (TPSA) is 237 Å². The van der Waals surface area contributed by atoms with Gasteiger partial charge in [-0.05, 0) is 6.92 Å². The Morgan fingerprint density at radius 2 is 1.44 bits per heavy atom. The fourth-order valence-electron chi connectivity index (χ4n) is 4.36. The molecule has 3 rings (SSSR count). The number of alkyl halides is 1. The van der Waals surface area contributed by atoms with Crippen molar-refractivity contribution in [3.8, 4) is 0 Å². The first-order valence-electron chi connectivity index (χ1n) is 11.4. The Morgan fingerprint density at radius 3 is 2.03 bits per heavy atom. The summed E-state index contributed by atoms with van der Waals surface area (Å²) in [7, 11) is 0. The van der Waals surface area contributed by atoms with Gasteiger partial charge in [0.25, 0.3) is 0 Å². The van der Waals surface area contributed by atoms with Crippen molar-refractivity contribution in [1.29, 1.82) is 0 Å². The third kappa shape index (κ3) is 5.96. The van der Waals surface area contributed by atoms with Gasteiger partial charge in [0.2, 0.25) is 5.91 Å². The number of ether oxygens (including phenoxy) is 5. The van der Waals surface area contributed by atoms with E-state index >= 15 is 0 Å². The van der Waals surface area contributed by atoms with E-state index < -0.39 is 111 Å². The van der Waals surface area contributed by atoms with Crippen LogP contribution in [-0.4, -0.2) is 152 Å². The molecule has 0 aromatic carbocycles. The van der Waals surface area contributed by atoms with Crippen LogP contribution in [0.4, 0.5) is 4.39 Å². The fraction of sp³-hybridized carbons (Fsp3) is 0.950. The van der Waals surface area contributed by atoms with Gasteiger partial charge in [0.15, 0.2) is 18.9 Å². The van der Waals surface area contributed by atoms with E-state index in [1.54, 1.807) is 0 Å². The van der Waals surface area contributed by atoms with Crippen molar-refractivity contribution in [2.75, 3.05) is 13.3 Å². The first-order valence-corrected chi connectivity index (χ1v) is 11.4. The Balaban J connectivity index is 1.88. The lowest BCUT2D eigenvalue weighted by Gasteiger charge is -2.48. The Bertz CT molecular complexity index is 737. The van der Waals surface area contributed by atoms with Gasteiger partial charge in [-0.15, -0.1) is 0 Å². The van der Waals surface area contributed by atoms with E-state index in [9.17, 15) is 50.0 Å². The standard InChI is InChI=1S/C20H34FNO14/c1-5-10(25)14(29)15(30)20(32-5)36-17-16(12(27)7(3-21)33-18(17)31)35-19-9(22-6(2)24)13(28)11(26)8(4-23)34-19/h5,7-20,23,25-31H,3-4H2,1-2H3,(H,22,24)/t5-,7+,8+,9+,10+,11-,12-,13+,14+,15-,16-,17+,18+,19+,20-/m0/s1. The van der Waals surface area contributed by atoms with Crippen molar-refractivity contribution in [2.45, 2.75) is 106 Å². The quantitative estimate of drug-likeness (QED) is 0.149. The molecule has 1 amide bonds. The van der Waals surface area contributed by atoms with Gasteiger partial charge >= 0.3 is 0 Å². The molecule has 0 aliphatic carbocycles. The maximum Gasteiger partial charge on any atom is 0.217 e. The number of hydrogen-bond acceptors (Lipinski definition) is 14. The molecular formula is C20H34FNO14. The molecule has 0 unspecified atom stereocenters. The molecule has 3 aliphatic rings. The lowest BCUT2D eigenvalue weighted by atomic mass is 9.95. The van der Waals surface area contributed by atoms with E-state index in [1.807, 2.05) is 0 Å². The van der Waals surface area contributed by atoms with Crippen molar-refractivity contribution in [3.63, 3.8) is 0 Å². The highest BCUT2D eigenvalue weighted by Crippen LogP contribution is 2.32. The van der Waals surface area contributed by atoms with Crippen molar-refractivity contribution in [2.24, 2.45) is 0 Å². The zero-order valence-electron chi connectivity index (χ0n) is 19.5. The molecule has 3 aliphatic heterocycles. The number of aliphatic hydroxyl groups excluding tert-OH is 8. The Labute approximate surface area is 204 Å². The number of nitrogens with one attached hydrogen (secondary N) is 1. The van der Waals surface area contributed by atoms with E-state index in [1.165, 1.54) is 6.92 Å². The summed E-state index contributed by atoms with van der Waals surface area (Å²) in [5.41, 5.74) is 0. The minimum absolute atomic E-state index is 0.659. The number of halogens is 1. The number of carbonyl (C=O) groups excluding carboxylic acids is 1. The zero-order chi connectivity index (χ0) is 26.9. The van der Waals surface area contributed by atoms with Gasteiger partial charge in [-0.1, -0.05) is 0 Å². The summed E-state index contributed by atoms with van der Waals surface area (Å²) < 4.78 is 40.6. The molecule has 16 heteroatoms. The Kier molecular flexibility index (Phi) is 9.94. The highest BCUT2D eigenvalue weighted by Gasteiger charge is 2.54. The fourth-order valence-corrected chi connectivity index (χ4v) is 4.36. The SMILES string of the molecule is CC(=O)N[C@H]1[C@@H](O[C@H]2[C@@H](O)[C@@H](CF)O[C@@H](O)[C@@H]2O[C@@H]2O[C@@H](C)[C@@H](O)[C@@H](O)[C@@H]2O)O[C@H](CO)[C@H](O)[C@@H]1O. The maximum atomic E-state index is 13.5. The van der Waals surface area contributed by atoms with Crippen LogP contribution >= 0.6 is 0 Å². The van der Waals surface area contributed by atoms with Gasteiger partial charge < -0.3 is 69.9 Å². The Hall–Kier alpha value is -1.12. The van der Waals surface area contributed by atoms with Gasteiger partial charge in [-0.3, -0.25) is 4.79 Å². The summed E-state index contributed by atoms with van der Waals surface area (Å²) in [6.07, 6.45) is -22.9. The van der Waals surface area contributed by atoms with Crippen LogP contribution in [0.25, 0.3) is 0 Å². The van der Waals surface area contributed by atoms with E-state index in [0.717, 1.165) is 6.92 Å². The van der Waals surface area contributed by atoms with E-state index in [2.05, 4.69) is 5.32 Å². The zero-order valence-corrected chi connectivity index (χ0v) is 19.5. The molecule has 210 valence electrons. The molecule has 0 aromatic heterocycles. The molecule has 3 fully saturated rings. The lowest BCUT2D eigenvalue weighted by Crippen LogP contribution is -2.68. The first-order chi connectivity index (χ1) is 16.9. The maximum absolute atomic E-state index is 13.5. The molecule has 15 nitrogen and oxygen atoms in total. The molecule has 0 radical (unpaired) electrons. The summed E-state index contributed by atoms with van der Waals surface area (Å²) in [5, 5.41) is 83.9. The normalized spacial score (nSPS) is 50.0. The van der Waals surface area contributed by atoms with Gasteiger partial charge in [0.1, 0.15) is 73.8 Å². The molecule has 0 aromatic rings. The van der Waals surface area contributed by atoms with Crippen molar-refractivity contribution in [1.82, 2.24) is 5.32 Å². The van der Waals surface area contributed by atoms with Crippen LogP contribution in [-0.2, 0) is 28.5 Å². The minimum Gasteiger partial charge on any atom is -0.394 e. The van der Waals surface area contributed by atoms with Crippen LogP contribution < -0.4 is 5.32 Å². The monoisotopic (exact) mass is 531 g/mol. The Morgan fingerprint density at radius 1 is 0.806 bits per heavy atom. The minimum atomic E-state index is -1.97. The third-order valence-electron chi connectivity index (χ3n) is 6.43. The van der Waals surface area contributed by atoms with E-state index in [-0.39, 0.29) is 0 Å². The second-order valence-electron chi connectivity index (χ2n) is 9.03. The molecule has 0 bridgehead atoms. The molecular weight excluding hydrogens is 497 g/mol. The molecule has 9 N–H and O–H groups in total. The number of carbonyl (C=O) groups is 1. The molecule has 15 atom stereocenters. The second kappa shape index (κ2) is 12.2. The lowest BCUT2D eigenvalue weighted by molar-refractivity contribution is -0.379. The van der Waals surface area contributed by atoms with Crippen molar-refractivity contribution >= 4 is 5.91 Å². The van der Waals surface area contributed by atoms with E-state index in [4.69, 9.17) is 23.7 Å². The molecule has 3 saturated heterocycles. The average Bonchev–Trinajstić information content (AvgIpc) is 2.84. The predicted octanol–water partition coefficient (Wildman–Crippen LogP) is -5.42. The number of amides is 1. The summed E-state index contributed by atoms with van der Waals surface area (Å²) in [4.78, 5) is 11.7. The van der Waals surface area contributed by atoms with Crippen molar-refractivity contribution < 1.29 is 73.7 Å². The highest BCUT2D eigenvalue weighted by molar-refractivity contribution is 5.73. The van der Waals surface area contributed by atoms with Crippen LogP contribution in [0, 0.1) is 0 Å². The first kappa shape index (κ1) is 29.4. The van der Waals surface area contributed by atoms with Crippen LogP contribution in [0.1, 0.15) is 13.8 Å². The smallest absolute Gasteiger partial charge is 0.217 e. The summed E-state index contributed by atoms with van der Waals surface area (Å²) in [5.74, 6) is -0.659. The predicted molar refractivity (Wildman–Crippen MR) is 110 cm³/mol. The van der Waals surface area contributed by atoms with E-state index in [0.29, 0.717) is 0 Å². The summed E-state index contributed by atoms with van der Waals surface area (Å²) in [6.45, 7) is 0.449. The van der Waals surface area contributed by atoms with Crippen LogP contribution in [0.5, 0.6) is 0 Å². The largest absolute Gasteiger partial charge is 0.394 e. The highest BCUT2D eigenvalue weighted by atomic mass is 19.1. The van der Waals surface area contributed by atoms with Crippen LogP contribution in [0.2, 0.25) is 0 Å². The van der Waals surface area contributed by atoms with Gasteiger partial charge in [0, 0.05) is 6.92 Å². The molecule has 0 spiro atoms. The molecule has 0 saturated carbocycles. The number of aliphatic hydroxyl groups is 8. The van der Waals surface area contributed by atoms with Gasteiger partial charge in [0.05, 0.1) is 12.7 Å². The van der Waals surface area contributed by atoms with Gasteiger partial charge in [-0.25, -0.2) is 4.39 Å². The molecule has 3 heterocycles. The number of hydrogen-bond donors (Lipinski definition) is 9. The number of rotatable bonds is 7. The second-order valence-corrected chi connectivity index (χ2v) is 9.03. The average molecular weight is 531 g/mol. The van der Waals surface area contributed by atoms with Crippen LogP contribution in [0.3, 0.4) is 0 Å². The van der Waals surface area contributed by atoms with Gasteiger partial charge in [-0.2, -0.15) is 0 Å². The summed E-state index contributed by atoms with van der Waals surface area (Å²) in [6, 6.07) is -1.44. The van der Waals surface area contributed by atoms with Crippen molar-refractivity contribution in [3.05, 3.63) is 0 Å². The summed E-state index contributed by atoms with van der Waals surface area (Å²) >= 11 is 0. The molecule has 36 heavy (non-hydrogen) atoms. The third-order valence-corrected chi connectivity index (χ3v) is 6.43.